The van der Waals surface area contributed by atoms with Crippen molar-refractivity contribution in [1.29, 1.82) is 0 Å². The van der Waals surface area contributed by atoms with Gasteiger partial charge in [0.05, 0.1) is 18.4 Å². The van der Waals surface area contributed by atoms with Gasteiger partial charge in [-0.2, -0.15) is 0 Å². The second kappa shape index (κ2) is 7.47. The highest BCUT2D eigenvalue weighted by atomic mass is 16.5. The SMILES string of the molecule is CCc1nc(C)c(C(=O)N2CCOC(CC3CCCCC3)C2)o1. The zero-order chi connectivity index (χ0) is 16.2. The highest BCUT2D eigenvalue weighted by Crippen LogP contribution is 2.29. The molecule has 128 valence electrons. The molecular formula is C18H28N2O3. The predicted molar refractivity (Wildman–Crippen MR) is 87.5 cm³/mol. The third-order valence-electron chi connectivity index (χ3n) is 5.08. The van der Waals surface area contributed by atoms with Crippen LogP contribution in [0.15, 0.2) is 4.42 Å². The number of amides is 1. The Morgan fingerprint density at radius 2 is 2.09 bits per heavy atom. The van der Waals surface area contributed by atoms with Crippen LogP contribution in [0, 0.1) is 12.8 Å². The summed E-state index contributed by atoms with van der Waals surface area (Å²) in [5, 5.41) is 0. The average Bonchev–Trinajstić information content (AvgIpc) is 2.96. The first-order chi connectivity index (χ1) is 11.2. The van der Waals surface area contributed by atoms with E-state index in [1.54, 1.807) is 0 Å². The van der Waals surface area contributed by atoms with Gasteiger partial charge in [0.15, 0.2) is 5.89 Å². The van der Waals surface area contributed by atoms with Crippen LogP contribution in [0.25, 0.3) is 0 Å². The van der Waals surface area contributed by atoms with E-state index in [2.05, 4.69) is 4.98 Å². The van der Waals surface area contributed by atoms with Crippen molar-refractivity contribution in [3.63, 3.8) is 0 Å². The van der Waals surface area contributed by atoms with Crippen molar-refractivity contribution in [2.24, 2.45) is 5.92 Å². The molecule has 1 saturated carbocycles. The molecule has 0 N–H and O–H groups in total. The molecule has 5 nitrogen and oxygen atoms in total. The molecule has 0 bridgehead atoms. The van der Waals surface area contributed by atoms with Crippen LogP contribution >= 0.6 is 0 Å². The number of ether oxygens (including phenoxy) is 1. The van der Waals surface area contributed by atoms with E-state index in [1.807, 2.05) is 18.7 Å². The third kappa shape index (κ3) is 3.94. The van der Waals surface area contributed by atoms with E-state index in [9.17, 15) is 4.79 Å². The molecule has 1 unspecified atom stereocenters. The summed E-state index contributed by atoms with van der Waals surface area (Å²) < 4.78 is 11.5. The van der Waals surface area contributed by atoms with Crippen molar-refractivity contribution < 1.29 is 13.9 Å². The van der Waals surface area contributed by atoms with Gasteiger partial charge in [-0.3, -0.25) is 4.79 Å². The summed E-state index contributed by atoms with van der Waals surface area (Å²) in [4.78, 5) is 18.9. The molecule has 1 atom stereocenters. The van der Waals surface area contributed by atoms with Gasteiger partial charge in [0.1, 0.15) is 0 Å². The molecule has 3 rings (SSSR count). The standard InChI is InChI=1S/C18H28N2O3/c1-3-16-19-13(2)17(23-16)18(21)20-9-10-22-15(12-20)11-14-7-5-4-6-8-14/h14-15H,3-12H2,1-2H3. The number of carbonyl (C=O) groups is 1. The van der Waals surface area contributed by atoms with E-state index in [0.717, 1.165) is 12.3 Å². The van der Waals surface area contributed by atoms with Gasteiger partial charge in [0.2, 0.25) is 5.76 Å². The first kappa shape index (κ1) is 16.5. The molecule has 2 heterocycles. The average molecular weight is 320 g/mol. The molecule has 0 radical (unpaired) electrons. The first-order valence-electron chi connectivity index (χ1n) is 9.04. The molecule has 1 aliphatic carbocycles. The van der Waals surface area contributed by atoms with E-state index in [0.29, 0.717) is 43.5 Å². The van der Waals surface area contributed by atoms with Crippen molar-refractivity contribution in [2.45, 2.75) is 64.9 Å². The number of morpholine rings is 1. The van der Waals surface area contributed by atoms with Crippen LogP contribution < -0.4 is 0 Å². The number of oxazole rings is 1. The molecular weight excluding hydrogens is 292 g/mol. The number of aryl methyl sites for hydroxylation is 2. The number of rotatable bonds is 4. The van der Waals surface area contributed by atoms with Gasteiger partial charge in [-0.1, -0.05) is 39.0 Å². The van der Waals surface area contributed by atoms with Gasteiger partial charge in [0, 0.05) is 19.5 Å². The number of aromatic nitrogens is 1. The van der Waals surface area contributed by atoms with E-state index >= 15 is 0 Å². The Balaban J connectivity index is 1.60. The highest BCUT2D eigenvalue weighted by molar-refractivity contribution is 5.92. The summed E-state index contributed by atoms with van der Waals surface area (Å²) in [7, 11) is 0. The van der Waals surface area contributed by atoms with Crippen LogP contribution in [0.2, 0.25) is 0 Å². The van der Waals surface area contributed by atoms with Crippen LogP contribution in [-0.2, 0) is 11.2 Å². The number of nitrogens with zero attached hydrogens (tertiary/aromatic N) is 2. The molecule has 0 spiro atoms. The molecule has 0 aromatic carbocycles. The zero-order valence-corrected chi connectivity index (χ0v) is 14.3. The summed E-state index contributed by atoms with van der Waals surface area (Å²) in [5.74, 6) is 1.77. The van der Waals surface area contributed by atoms with E-state index < -0.39 is 0 Å². The lowest BCUT2D eigenvalue weighted by Crippen LogP contribution is -2.46. The Labute approximate surface area is 138 Å². The van der Waals surface area contributed by atoms with Gasteiger partial charge in [-0.15, -0.1) is 0 Å². The summed E-state index contributed by atoms with van der Waals surface area (Å²) in [6.45, 7) is 5.76. The minimum atomic E-state index is -0.0355. The number of carbonyl (C=O) groups excluding carboxylic acids is 1. The molecule has 1 aromatic rings. The normalized spacial score (nSPS) is 23.2. The molecule has 5 heteroatoms. The van der Waals surface area contributed by atoms with Crippen LogP contribution in [0.3, 0.4) is 0 Å². The summed E-state index contributed by atoms with van der Waals surface area (Å²) in [5.41, 5.74) is 0.696. The topological polar surface area (TPSA) is 55.6 Å². The number of hydrogen-bond acceptors (Lipinski definition) is 4. The summed E-state index contributed by atoms with van der Waals surface area (Å²) >= 11 is 0. The van der Waals surface area contributed by atoms with Crippen molar-refractivity contribution in [1.82, 2.24) is 9.88 Å². The van der Waals surface area contributed by atoms with Gasteiger partial charge in [-0.05, 0) is 19.3 Å². The molecule has 1 aromatic heterocycles. The Morgan fingerprint density at radius 1 is 1.30 bits per heavy atom. The second-order valence-electron chi connectivity index (χ2n) is 6.86. The second-order valence-corrected chi connectivity index (χ2v) is 6.86. The van der Waals surface area contributed by atoms with Gasteiger partial charge < -0.3 is 14.1 Å². The monoisotopic (exact) mass is 320 g/mol. The predicted octanol–water partition coefficient (Wildman–Crippen LogP) is 3.36. The largest absolute Gasteiger partial charge is 0.435 e. The fraction of sp³-hybridized carbons (Fsp3) is 0.778. The lowest BCUT2D eigenvalue weighted by Gasteiger charge is -2.35. The maximum Gasteiger partial charge on any atom is 0.291 e. The van der Waals surface area contributed by atoms with E-state index in [-0.39, 0.29) is 12.0 Å². The van der Waals surface area contributed by atoms with Crippen molar-refractivity contribution in [2.75, 3.05) is 19.7 Å². The molecule has 1 amide bonds. The molecule has 23 heavy (non-hydrogen) atoms. The van der Waals surface area contributed by atoms with Gasteiger partial charge >= 0.3 is 0 Å². The van der Waals surface area contributed by atoms with Crippen molar-refractivity contribution in [3.8, 4) is 0 Å². The van der Waals surface area contributed by atoms with Crippen molar-refractivity contribution >= 4 is 5.91 Å². The Bertz CT molecular complexity index is 534. The Morgan fingerprint density at radius 3 is 2.78 bits per heavy atom. The smallest absolute Gasteiger partial charge is 0.291 e. The van der Waals surface area contributed by atoms with Gasteiger partial charge in [0.25, 0.3) is 5.91 Å². The fourth-order valence-electron chi connectivity index (χ4n) is 3.79. The molecule has 2 fully saturated rings. The van der Waals surface area contributed by atoms with Gasteiger partial charge in [-0.25, -0.2) is 4.98 Å². The lowest BCUT2D eigenvalue weighted by atomic mass is 9.85. The fourth-order valence-corrected chi connectivity index (χ4v) is 3.79. The summed E-state index contributed by atoms with van der Waals surface area (Å²) in [6, 6.07) is 0. The minimum absolute atomic E-state index is 0.0355. The first-order valence-corrected chi connectivity index (χ1v) is 9.04. The molecule has 1 aliphatic heterocycles. The van der Waals surface area contributed by atoms with Crippen LogP contribution in [0.5, 0.6) is 0 Å². The Hall–Kier alpha value is -1.36. The zero-order valence-electron chi connectivity index (χ0n) is 14.3. The lowest BCUT2D eigenvalue weighted by molar-refractivity contribution is -0.0345. The Kier molecular flexibility index (Phi) is 5.36. The number of hydrogen-bond donors (Lipinski definition) is 0. The van der Waals surface area contributed by atoms with Crippen LogP contribution in [0.4, 0.5) is 0 Å². The maximum atomic E-state index is 12.7. The highest BCUT2D eigenvalue weighted by Gasteiger charge is 2.30. The van der Waals surface area contributed by atoms with E-state index in [4.69, 9.17) is 9.15 Å². The van der Waals surface area contributed by atoms with Crippen molar-refractivity contribution in [3.05, 3.63) is 17.3 Å². The van der Waals surface area contributed by atoms with Crippen LogP contribution in [0.1, 0.15) is 67.6 Å². The molecule has 1 saturated heterocycles. The quantitative estimate of drug-likeness (QED) is 0.853. The van der Waals surface area contributed by atoms with E-state index in [1.165, 1.54) is 32.1 Å². The minimum Gasteiger partial charge on any atom is -0.435 e. The third-order valence-corrected chi connectivity index (χ3v) is 5.08. The van der Waals surface area contributed by atoms with Crippen LogP contribution in [-0.4, -0.2) is 41.6 Å². The maximum absolute atomic E-state index is 12.7. The molecule has 2 aliphatic rings. The summed E-state index contributed by atoms with van der Waals surface area (Å²) in [6.07, 6.45) is 8.65.